The van der Waals surface area contributed by atoms with Crippen LogP contribution in [0.5, 0.6) is 0 Å². The van der Waals surface area contributed by atoms with E-state index >= 15 is 0 Å². The summed E-state index contributed by atoms with van der Waals surface area (Å²) < 4.78 is 75.1. The molecule has 0 amide bonds. The third kappa shape index (κ3) is 8.23. The second kappa shape index (κ2) is 16.1. The van der Waals surface area contributed by atoms with E-state index in [0.717, 1.165) is 51.8 Å². The Balaban J connectivity index is 2.29. The van der Waals surface area contributed by atoms with Crippen LogP contribution in [-0.4, -0.2) is 39.6 Å². The molecule has 0 unspecified atom stereocenters. The quantitative estimate of drug-likeness (QED) is 0.127. The van der Waals surface area contributed by atoms with E-state index in [4.69, 9.17) is 27.1 Å². The van der Waals surface area contributed by atoms with Gasteiger partial charge in [-0.3, -0.25) is 13.7 Å². The first kappa shape index (κ1) is 37.3. The van der Waals surface area contributed by atoms with Crippen molar-refractivity contribution in [2.45, 2.75) is 92.1 Å². The maximum atomic E-state index is 13.9. The molecule has 0 heterocycles. The zero-order valence-electron chi connectivity index (χ0n) is 27.7. The van der Waals surface area contributed by atoms with Gasteiger partial charge < -0.3 is 27.1 Å². The molecule has 0 aliphatic heterocycles. The van der Waals surface area contributed by atoms with Crippen molar-refractivity contribution in [2.24, 2.45) is 0 Å². The van der Waals surface area contributed by atoms with E-state index in [-0.39, 0.29) is 44.9 Å². The van der Waals surface area contributed by atoms with E-state index in [2.05, 4.69) is 32.0 Å². The predicted molar refractivity (Wildman–Crippen MR) is 177 cm³/mol. The van der Waals surface area contributed by atoms with Crippen molar-refractivity contribution in [1.29, 1.82) is 0 Å². The van der Waals surface area contributed by atoms with Crippen LogP contribution in [0.1, 0.15) is 96.0 Å². The van der Waals surface area contributed by atoms with Crippen LogP contribution in [0.4, 0.5) is 0 Å². The van der Waals surface area contributed by atoms with Crippen molar-refractivity contribution in [3.63, 3.8) is 0 Å². The third-order valence-electron chi connectivity index (χ3n) is 7.94. The Kier molecular flexibility index (Phi) is 13.7. The van der Waals surface area contributed by atoms with Gasteiger partial charge in [-0.05, 0) is 93.3 Å². The molecule has 2 aromatic rings. The first-order valence-corrected chi connectivity index (χ1v) is 21.1. The normalized spacial score (nSPS) is 14.5. The summed E-state index contributed by atoms with van der Waals surface area (Å²) >= 11 is 0. The van der Waals surface area contributed by atoms with Crippen LogP contribution < -0.4 is 0 Å². The molecule has 248 valence electrons. The first-order valence-electron chi connectivity index (χ1n) is 15.9. The molecule has 1 aliphatic carbocycles. The van der Waals surface area contributed by atoms with Crippen LogP contribution in [0.3, 0.4) is 0 Å². The Bertz CT molecular complexity index is 1370. The Morgan fingerprint density at radius 3 is 1.36 bits per heavy atom. The topological polar surface area (TPSA) is 107 Å². The Morgan fingerprint density at radius 1 is 0.523 bits per heavy atom. The molecule has 0 N–H and O–H groups in total. The highest BCUT2D eigenvalue weighted by Crippen LogP contribution is 2.60. The molecular formula is C32H51O9P3. The molecule has 0 saturated carbocycles. The first-order chi connectivity index (χ1) is 20.9. The van der Waals surface area contributed by atoms with Gasteiger partial charge in [-0.15, -0.1) is 0 Å². The van der Waals surface area contributed by atoms with Gasteiger partial charge in [0.2, 0.25) is 0 Å². The number of benzene rings is 2. The summed E-state index contributed by atoms with van der Waals surface area (Å²) in [6.45, 7) is 16.7. The van der Waals surface area contributed by atoms with E-state index in [9.17, 15) is 13.7 Å². The largest absolute Gasteiger partial charge is 0.335 e. The highest BCUT2D eigenvalue weighted by Gasteiger charge is 2.44. The molecule has 2 aromatic carbocycles. The zero-order chi connectivity index (χ0) is 32.6. The molecule has 0 saturated heterocycles. The third-order valence-corrected chi connectivity index (χ3v) is 14.1. The summed E-state index contributed by atoms with van der Waals surface area (Å²) in [6, 6.07) is 10.2. The minimum Gasteiger partial charge on any atom is -0.309 e. The Morgan fingerprint density at radius 2 is 0.932 bits per heavy atom. The minimum atomic E-state index is -3.49. The van der Waals surface area contributed by atoms with E-state index < -0.39 is 28.2 Å². The van der Waals surface area contributed by atoms with Gasteiger partial charge in [-0.1, -0.05) is 44.2 Å². The van der Waals surface area contributed by atoms with Gasteiger partial charge in [0.1, 0.15) is 0 Å². The number of hydrogen-bond donors (Lipinski definition) is 0. The van der Waals surface area contributed by atoms with Crippen LogP contribution in [0, 0.1) is 0 Å². The molecule has 0 radical (unpaired) electrons. The predicted octanol–water partition coefficient (Wildman–Crippen LogP) is 10.1. The van der Waals surface area contributed by atoms with Gasteiger partial charge in [-0.2, -0.15) is 0 Å². The van der Waals surface area contributed by atoms with Gasteiger partial charge in [0.25, 0.3) is 0 Å². The molecule has 0 spiro atoms. The van der Waals surface area contributed by atoms with Crippen molar-refractivity contribution in [3.05, 3.63) is 58.1 Å². The number of fused-ring (bicyclic) bond motifs is 3. The van der Waals surface area contributed by atoms with Gasteiger partial charge >= 0.3 is 22.8 Å². The second-order valence-electron chi connectivity index (χ2n) is 10.7. The highest BCUT2D eigenvalue weighted by atomic mass is 31.2. The number of hydrogen-bond acceptors (Lipinski definition) is 9. The van der Waals surface area contributed by atoms with Crippen molar-refractivity contribution in [2.75, 3.05) is 39.6 Å². The highest BCUT2D eigenvalue weighted by molar-refractivity contribution is 7.53. The van der Waals surface area contributed by atoms with Crippen LogP contribution in [0.15, 0.2) is 30.3 Å². The SMILES string of the molecule is CCOP(=O)(Cc1ccc2c(c1)C(CC)(CC)c1cc(CP(=O)(OCC)OCC)cc(CP(=O)(OCC)OCC)c1-2)OCC. The maximum absolute atomic E-state index is 13.9. The van der Waals surface area contributed by atoms with E-state index in [0.29, 0.717) is 13.2 Å². The van der Waals surface area contributed by atoms with Crippen LogP contribution in [-0.2, 0) is 64.7 Å². The molecule has 12 heteroatoms. The molecule has 0 atom stereocenters. The fraction of sp³-hybridized carbons (Fsp3) is 0.625. The maximum Gasteiger partial charge on any atom is 0.335 e. The Labute approximate surface area is 264 Å². The molecule has 3 rings (SSSR count). The summed E-state index contributed by atoms with van der Waals surface area (Å²) in [5.74, 6) is 0. The van der Waals surface area contributed by atoms with Crippen LogP contribution in [0.2, 0.25) is 0 Å². The lowest BCUT2D eigenvalue weighted by Crippen LogP contribution is -2.23. The van der Waals surface area contributed by atoms with E-state index in [1.54, 1.807) is 27.7 Å². The molecular weight excluding hydrogens is 621 g/mol. The van der Waals surface area contributed by atoms with Gasteiger partial charge in [-0.25, -0.2) is 0 Å². The molecule has 0 fully saturated rings. The van der Waals surface area contributed by atoms with Crippen molar-refractivity contribution in [1.82, 2.24) is 0 Å². The summed E-state index contributed by atoms with van der Waals surface area (Å²) in [5.41, 5.74) is 6.23. The van der Waals surface area contributed by atoms with Crippen LogP contribution >= 0.6 is 22.8 Å². The lowest BCUT2D eigenvalue weighted by molar-refractivity contribution is 0.218. The Hall–Kier alpha value is -1.11. The van der Waals surface area contributed by atoms with Crippen molar-refractivity contribution < 1.29 is 40.8 Å². The molecule has 0 bridgehead atoms. The fourth-order valence-electron chi connectivity index (χ4n) is 6.36. The minimum absolute atomic E-state index is 0.0625. The van der Waals surface area contributed by atoms with Crippen LogP contribution in [0.25, 0.3) is 11.1 Å². The lowest BCUT2D eigenvalue weighted by atomic mass is 9.73. The monoisotopic (exact) mass is 672 g/mol. The van der Waals surface area contributed by atoms with E-state index in [1.807, 2.05) is 26.0 Å². The standard InChI is InChI=1S/C32H51O9P3/c1-9-32(10-2)29-20-25(22-42(33,36-11-3)37-12-4)17-18-28(29)31-27(24-44(35,40-15-7)41-16-8)19-26(21-30(31)32)23-43(34,38-13-5)39-14-6/h17-21H,9-16,22-24H2,1-8H3. The van der Waals surface area contributed by atoms with Crippen molar-refractivity contribution >= 4 is 22.8 Å². The average molecular weight is 673 g/mol. The molecule has 9 nitrogen and oxygen atoms in total. The molecule has 1 aliphatic rings. The molecule has 0 aromatic heterocycles. The summed E-state index contributed by atoms with van der Waals surface area (Å²) in [6.07, 6.45) is 1.88. The average Bonchev–Trinajstić information content (AvgIpc) is 3.22. The smallest absolute Gasteiger partial charge is 0.309 e. The zero-order valence-corrected chi connectivity index (χ0v) is 30.4. The fourth-order valence-corrected chi connectivity index (χ4v) is 11.4. The molecule has 44 heavy (non-hydrogen) atoms. The number of rotatable bonds is 20. The summed E-state index contributed by atoms with van der Waals surface area (Å²) in [4.78, 5) is 0. The van der Waals surface area contributed by atoms with Gasteiger partial charge in [0.05, 0.1) is 58.1 Å². The summed E-state index contributed by atoms with van der Waals surface area (Å²) in [5, 5.41) is 0. The summed E-state index contributed by atoms with van der Waals surface area (Å²) in [7, 11) is -10.3. The van der Waals surface area contributed by atoms with Gasteiger partial charge in [0, 0.05) is 5.41 Å². The van der Waals surface area contributed by atoms with E-state index in [1.165, 1.54) is 0 Å². The second-order valence-corrected chi connectivity index (χ2v) is 16.8. The lowest BCUT2D eigenvalue weighted by Gasteiger charge is -2.31. The van der Waals surface area contributed by atoms with Crippen molar-refractivity contribution in [3.8, 4) is 11.1 Å². The van der Waals surface area contributed by atoms with Gasteiger partial charge in [0.15, 0.2) is 0 Å².